The van der Waals surface area contributed by atoms with Crippen LogP contribution in [0.3, 0.4) is 0 Å². The molecule has 1 atom stereocenters. The van der Waals surface area contributed by atoms with Gasteiger partial charge in [-0.2, -0.15) is 0 Å². The first-order valence-electron chi connectivity index (χ1n) is 7.53. The van der Waals surface area contributed by atoms with Crippen LogP contribution in [0.5, 0.6) is 0 Å². The maximum Gasteiger partial charge on any atom is 0.123 e. The molecule has 112 valence electrons. The molecule has 0 aliphatic rings. The topological polar surface area (TPSA) is 12.0 Å². The lowest BCUT2D eigenvalue weighted by Gasteiger charge is -2.18. The Morgan fingerprint density at radius 2 is 1.57 bits per heavy atom. The lowest BCUT2D eigenvalue weighted by molar-refractivity contribution is 0.573. The van der Waals surface area contributed by atoms with E-state index in [-0.39, 0.29) is 5.82 Å². The molecule has 1 N–H and O–H groups in total. The highest BCUT2D eigenvalue weighted by molar-refractivity contribution is 5.38. The third kappa shape index (κ3) is 4.15. The van der Waals surface area contributed by atoms with Crippen LogP contribution in [0.4, 0.5) is 4.39 Å². The van der Waals surface area contributed by atoms with Gasteiger partial charge in [-0.1, -0.05) is 24.3 Å². The van der Waals surface area contributed by atoms with Gasteiger partial charge >= 0.3 is 0 Å². The zero-order chi connectivity index (χ0) is 15.4. The predicted molar refractivity (Wildman–Crippen MR) is 87.2 cm³/mol. The molecule has 0 spiro atoms. The van der Waals surface area contributed by atoms with Gasteiger partial charge in [-0.05, 0) is 80.6 Å². The van der Waals surface area contributed by atoms with Crippen molar-refractivity contribution in [2.75, 3.05) is 6.54 Å². The first-order chi connectivity index (χ1) is 9.97. The monoisotopic (exact) mass is 285 g/mol. The average Bonchev–Trinajstić information content (AvgIpc) is 2.45. The van der Waals surface area contributed by atoms with E-state index < -0.39 is 0 Å². The summed E-state index contributed by atoms with van der Waals surface area (Å²) in [6, 6.07) is 11.6. The smallest absolute Gasteiger partial charge is 0.123 e. The molecule has 2 rings (SSSR count). The molecule has 2 aromatic carbocycles. The van der Waals surface area contributed by atoms with Crippen molar-refractivity contribution >= 4 is 0 Å². The second-order valence-electron chi connectivity index (χ2n) is 5.85. The summed E-state index contributed by atoms with van der Waals surface area (Å²) in [4.78, 5) is 0. The molecule has 0 aliphatic heterocycles. The molecule has 2 aromatic rings. The van der Waals surface area contributed by atoms with Crippen molar-refractivity contribution in [2.24, 2.45) is 0 Å². The highest BCUT2D eigenvalue weighted by Gasteiger charge is 2.09. The molecule has 1 nitrogen and oxygen atoms in total. The van der Waals surface area contributed by atoms with Crippen molar-refractivity contribution < 1.29 is 4.39 Å². The SMILES string of the molecule is Cc1cc(C)c(C(C)NCCc2ccc(F)cc2)cc1C. The fourth-order valence-electron chi connectivity index (χ4n) is 2.64. The van der Waals surface area contributed by atoms with Crippen LogP contribution in [0.25, 0.3) is 0 Å². The van der Waals surface area contributed by atoms with E-state index in [1.165, 1.54) is 34.4 Å². The maximum atomic E-state index is 12.9. The summed E-state index contributed by atoms with van der Waals surface area (Å²) in [5.74, 6) is -0.175. The molecule has 1 unspecified atom stereocenters. The lowest BCUT2D eigenvalue weighted by Crippen LogP contribution is -2.22. The molecule has 0 radical (unpaired) electrons. The number of rotatable bonds is 5. The number of hydrogen-bond acceptors (Lipinski definition) is 1. The molecular formula is C19H24FN. The third-order valence-electron chi connectivity index (χ3n) is 4.13. The van der Waals surface area contributed by atoms with Crippen molar-refractivity contribution in [3.8, 4) is 0 Å². The number of hydrogen-bond donors (Lipinski definition) is 1. The molecular weight excluding hydrogens is 261 g/mol. The molecule has 0 heterocycles. The Morgan fingerprint density at radius 3 is 2.24 bits per heavy atom. The molecule has 21 heavy (non-hydrogen) atoms. The van der Waals surface area contributed by atoms with Crippen LogP contribution in [-0.4, -0.2) is 6.54 Å². The Bertz CT molecular complexity index is 602. The van der Waals surface area contributed by atoms with E-state index in [9.17, 15) is 4.39 Å². The Hall–Kier alpha value is -1.67. The standard InChI is InChI=1S/C19H24FN/c1-13-11-15(3)19(12-14(13)2)16(4)21-10-9-17-5-7-18(20)8-6-17/h5-8,11-12,16,21H,9-10H2,1-4H3. The van der Waals surface area contributed by atoms with Crippen LogP contribution in [0.1, 0.15) is 40.8 Å². The van der Waals surface area contributed by atoms with E-state index in [0.29, 0.717) is 6.04 Å². The Morgan fingerprint density at radius 1 is 0.952 bits per heavy atom. The van der Waals surface area contributed by atoms with Crippen molar-refractivity contribution in [1.29, 1.82) is 0 Å². The van der Waals surface area contributed by atoms with Crippen LogP contribution in [-0.2, 0) is 6.42 Å². The number of nitrogens with one attached hydrogen (secondary N) is 1. The van der Waals surface area contributed by atoms with Gasteiger partial charge < -0.3 is 5.32 Å². The van der Waals surface area contributed by atoms with E-state index in [2.05, 4.69) is 45.1 Å². The minimum absolute atomic E-state index is 0.175. The summed E-state index contributed by atoms with van der Waals surface area (Å²) in [6.07, 6.45) is 0.911. The summed E-state index contributed by atoms with van der Waals surface area (Å²) in [5, 5.41) is 3.56. The van der Waals surface area contributed by atoms with Crippen molar-refractivity contribution in [1.82, 2.24) is 5.32 Å². The molecule has 0 fully saturated rings. The molecule has 0 bridgehead atoms. The van der Waals surface area contributed by atoms with Crippen molar-refractivity contribution in [3.05, 3.63) is 70.0 Å². The molecule has 0 saturated heterocycles. The lowest BCUT2D eigenvalue weighted by atomic mass is 9.96. The summed E-state index contributed by atoms with van der Waals surface area (Å²) in [5.41, 5.74) is 6.53. The Labute approximate surface area is 127 Å². The third-order valence-corrected chi connectivity index (χ3v) is 4.13. The minimum Gasteiger partial charge on any atom is -0.310 e. The fourth-order valence-corrected chi connectivity index (χ4v) is 2.64. The van der Waals surface area contributed by atoms with Crippen molar-refractivity contribution in [3.63, 3.8) is 0 Å². The summed E-state index contributed by atoms with van der Waals surface area (Å²) >= 11 is 0. The molecule has 0 saturated carbocycles. The second-order valence-corrected chi connectivity index (χ2v) is 5.85. The summed E-state index contributed by atoms with van der Waals surface area (Å²) in [7, 11) is 0. The largest absolute Gasteiger partial charge is 0.310 e. The molecule has 0 amide bonds. The van der Waals surface area contributed by atoms with Gasteiger partial charge in [0.25, 0.3) is 0 Å². The Kier molecular flexibility index (Phi) is 5.13. The number of halogens is 1. The van der Waals surface area contributed by atoms with Crippen LogP contribution >= 0.6 is 0 Å². The van der Waals surface area contributed by atoms with E-state index in [4.69, 9.17) is 0 Å². The number of benzene rings is 2. The summed E-state index contributed by atoms with van der Waals surface area (Å²) in [6.45, 7) is 9.56. The van der Waals surface area contributed by atoms with Gasteiger partial charge in [0.05, 0.1) is 0 Å². The average molecular weight is 285 g/mol. The van der Waals surface area contributed by atoms with Gasteiger partial charge in [-0.25, -0.2) is 4.39 Å². The fraction of sp³-hybridized carbons (Fsp3) is 0.368. The normalized spacial score (nSPS) is 12.4. The molecule has 0 aromatic heterocycles. The first-order valence-corrected chi connectivity index (χ1v) is 7.53. The predicted octanol–water partition coefficient (Wildman–Crippen LogP) is 4.64. The van der Waals surface area contributed by atoms with E-state index >= 15 is 0 Å². The van der Waals surface area contributed by atoms with Gasteiger partial charge in [0, 0.05) is 6.04 Å². The Balaban J connectivity index is 1.94. The highest BCUT2D eigenvalue weighted by Crippen LogP contribution is 2.21. The first kappa shape index (κ1) is 15.7. The van der Waals surface area contributed by atoms with E-state index in [0.717, 1.165) is 18.5 Å². The van der Waals surface area contributed by atoms with Crippen molar-refractivity contribution in [2.45, 2.75) is 40.2 Å². The van der Waals surface area contributed by atoms with Crippen LogP contribution in [0.15, 0.2) is 36.4 Å². The van der Waals surface area contributed by atoms with Gasteiger partial charge in [0.15, 0.2) is 0 Å². The van der Waals surface area contributed by atoms with Gasteiger partial charge in [0.1, 0.15) is 5.82 Å². The zero-order valence-electron chi connectivity index (χ0n) is 13.3. The van der Waals surface area contributed by atoms with Gasteiger partial charge in [-0.15, -0.1) is 0 Å². The maximum absolute atomic E-state index is 12.9. The zero-order valence-corrected chi connectivity index (χ0v) is 13.3. The summed E-state index contributed by atoms with van der Waals surface area (Å²) < 4.78 is 12.9. The van der Waals surface area contributed by atoms with E-state index in [1.807, 2.05) is 12.1 Å². The quantitative estimate of drug-likeness (QED) is 0.843. The van der Waals surface area contributed by atoms with Gasteiger partial charge in [-0.3, -0.25) is 0 Å². The minimum atomic E-state index is -0.175. The number of aryl methyl sites for hydroxylation is 3. The van der Waals surface area contributed by atoms with Crippen LogP contribution < -0.4 is 5.32 Å². The molecule has 0 aliphatic carbocycles. The van der Waals surface area contributed by atoms with E-state index in [1.54, 1.807) is 0 Å². The van der Waals surface area contributed by atoms with Crippen LogP contribution in [0, 0.1) is 26.6 Å². The highest BCUT2D eigenvalue weighted by atomic mass is 19.1. The van der Waals surface area contributed by atoms with Crippen LogP contribution in [0.2, 0.25) is 0 Å². The van der Waals surface area contributed by atoms with Gasteiger partial charge in [0.2, 0.25) is 0 Å². The molecule has 2 heteroatoms. The second kappa shape index (κ2) is 6.86.